The third-order valence-electron chi connectivity index (χ3n) is 2.64. The first kappa shape index (κ1) is 25.8. The van der Waals surface area contributed by atoms with Gasteiger partial charge in [0.15, 0.2) is 0 Å². The largest absolute Gasteiger partial charge is 0.478 e. The SMILES string of the molecule is C=CCOC(CC=C)C(CO)(CO)CO.O=P(O)(O)OP(=O)(O)O. The van der Waals surface area contributed by atoms with Gasteiger partial charge in [0.25, 0.3) is 0 Å². The Hall–Kier alpha value is -0.420. The molecule has 0 fully saturated rings. The molecule has 24 heavy (non-hydrogen) atoms. The Labute approximate surface area is 139 Å². The van der Waals surface area contributed by atoms with Crippen molar-refractivity contribution < 1.29 is 53.1 Å². The highest BCUT2D eigenvalue weighted by molar-refractivity contribution is 7.60. The maximum Gasteiger partial charge on any atom is 0.478 e. The summed E-state index contributed by atoms with van der Waals surface area (Å²) >= 11 is 0. The van der Waals surface area contributed by atoms with Crippen LogP contribution in [0.4, 0.5) is 0 Å². The van der Waals surface area contributed by atoms with Crippen LogP contribution in [0.3, 0.4) is 0 Å². The van der Waals surface area contributed by atoms with Gasteiger partial charge in [0.2, 0.25) is 0 Å². The van der Waals surface area contributed by atoms with Crippen molar-refractivity contribution in [1.29, 1.82) is 0 Å². The van der Waals surface area contributed by atoms with E-state index in [2.05, 4.69) is 17.5 Å². The first-order valence-corrected chi connectivity index (χ1v) is 9.45. The molecule has 0 aliphatic heterocycles. The van der Waals surface area contributed by atoms with Gasteiger partial charge in [0, 0.05) is 0 Å². The maximum atomic E-state index is 9.63. The summed E-state index contributed by atoms with van der Waals surface area (Å²) in [5.74, 6) is 0. The smallest absolute Gasteiger partial charge is 0.396 e. The normalized spacial score (nSPS) is 13.6. The molecule has 0 saturated carbocycles. The summed E-state index contributed by atoms with van der Waals surface area (Å²) in [5.41, 5.74) is -1.03. The van der Waals surface area contributed by atoms with Crippen LogP contribution in [0.25, 0.3) is 0 Å². The zero-order chi connectivity index (χ0) is 19.4. The van der Waals surface area contributed by atoms with Crippen molar-refractivity contribution >= 4 is 15.6 Å². The van der Waals surface area contributed by atoms with E-state index in [1.54, 1.807) is 12.2 Å². The van der Waals surface area contributed by atoms with Crippen LogP contribution in [0, 0.1) is 5.41 Å². The molecule has 0 saturated heterocycles. The van der Waals surface area contributed by atoms with E-state index in [4.69, 9.17) is 24.3 Å². The highest BCUT2D eigenvalue weighted by Crippen LogP contribution is 2.53. The van der Waals surface area contributed by atoms with Gasteiger partial charge in [-0.15, -0.1) is 13.2 Å². The standard InChI is InChI=1S/C11H20O4.H4O7P2/c1-3-5-10(15-6-4-2)11(7-12,8-13)9-14;1-8(2,3)7-9(4,5)6/h3-4,10,12-14H,1-2,5-9H2;(H2,1,2,3)(H2,4,5,6). The Bertz CT molecular complexity index is 423. The lowest BCUT2D eigenvalue weighted by Crippen LogP contribution is -2.46. The minimum absolute atomic E-state index is 0.306. The summed E-state index contributed by atoms with van der Waals surface area (Å²) in [6.07, 6.45) is 3.19. The van der Waals surface area contributed by atoms with Crippen molar-refractivity contribution in [3.8, 4) is 0 Å². The van der Waals surface area contributed by atoms with Crippen LogP contribution in [-0.4, -0.2) is 67.4 Å². The predicted octanol–water partition coefficient (Wildman–Crippen LogP) is -0.715. The van der Waals surface area contributed by atoms with E-state index in [0.717, 1.165) is 0 Å². The Morgan fingerprint density at radius 1 is 0.917 bits per heavy atom. The zero-order valence-corrected chi connectivity index (χ0v) is 14.6. The molecule has 7 N–H and O–H groups in total. The number of aliphatic hydroxyl groups excluding tert-OH is 3. The lowest BCUT2D eigenvalue weighted by molar-refractivity contribution is -0.106. The van der Waals surface area contributed by atoms with Crippen LogP contribution in [0.15, 0.2) is 25.3 Å². The number of aliphatic hydroxyl groups is 3. The summed E-state index contributed by atoms with van der Waals surface area (Å²) in [6.45, 7) is 6.38. The molecule has 11 nitrogen and oxygen atoms in total. The Morgan fingerprint density at radius 2 is 1.33 bits per heavy atom. The van der Waals surface area contributed by atoms with Crippen LogP contribution in [0.2, 0.25) is 0 Å². The van der Waals surface area contributed by atoms with Gasteiger partial charge in [-0.25, -0.2) is 9.13 Å². The van der Waals surface area contributed by atoms with Crippen molar-refractivity contribution in [2.24, 2.45) is 5.41 Å². The van der Waals surface area contributed by atoms with Gasteiger partial charge in [-0.3, -0.25) is 0 Å². The molecular formula is C11H24O11P2. The van der Waals surface area contributed by atoms with E-state index in [9.17, 15) is 24.4 Å². The van der Waals surface area contributed by atoms with Crippen LogP contribution in [0.1, 0.15) is 6.42 Å². The van der Waals surface area contributed by atoms with E-state index in [-0.39, 0.29) is 19.8 Å². The summed E-state index contributed by atoms with van der Waals surface area (Å²) in [5, 5.41) is 27.6. The van der Waals surface area contributed by atoms with Gasteiger partial charge in [-0.2, -0.15) is 4.31 Å². The van der Waals surface area contributed by atoms with Crippen LogP contribution < -0.4 is 0 Å². The topological polar surface area (TPSA) is 194 Å². The fourth-order valence-electron chi connectivity index (χ4n) is 1.42. The Kier molecular flexibility index (Phi) is 12.9. The van der Waals surface area contributed by atoms with Crippen LogP contribution in [-0.2, 0) is 18.2 Å². The average molecular weight is 394 g/mol. The van der Waals surface area contributed by atoms with Gasteiger partial charge >= 0.3 is 15.6 Å². The number of hydrogen-bond donors (Lipinski definition) is 7. The van der Waals surface area contributed by atoms with Crippen molar-refractivity contribution in [2.45, 2.75) is 12.5 Å². The second-order valence-electron chi connectivity index (χ2n) is 4.53. The number of hydrogen-bond acceptors (Lipinski definition) is 7. The molecule has 1 unspecified atom stereocenters. The first-order chi connectivity index (χ1) is 10.9. The molecule has 0 radical (unpaired) electrons. The van der Waals surface area contributed by atoms with E-state index in [0.29, 0.717) is 13.0 Å². The van der Waals surface area contributed by atoms with Crippen molar-refractivity contribution in [2.75, 3.05) is 26.4 Å². The molecule has 1 atom stereocenters. The molecule has 0 bridgehead atoms. The fraction of sp³-hybridized carbons (Fsp3) is 0.636. The van der Waals surface area contributed by atoms with Crippen molar-refractivity contribution in [3.05, 3.63) is 25.3 Å². The second-order valence-corrected chi connectivity index (χ2v) is 7.15. The second kappa shape index (κ2) is 12.0. The predicted molar refractivity (Wildman–Crippen MR) is 83.6 cm³/mol. The van der Waals surface area contributed by atoms with Gasteiger partial charge in [-0.1, -0.05) is 12.2 Å². The molecule has 144 valence electrons. The average Bonchev–Trinajstić information content (AvgIpc) is 2.43. The monoisotopic (exact) mass is 394 g/mol. The number of phosphoric acid groups is 2. The van der Waals surface area contributed by atoms with Crippen LogP contribution >= 0.6 is 15.6 Å². The molecule has 0 heterocycles. The summed E-state index contributed by atoms with van der Waals surface area (Å²) in [4.78, 5) is 31.0. The van der Waals surface area contributed by atoms with Crippen molar-refractivity contribution in [1.82, 2.24) is 0 Å². The molecule has 0 spiro atoms. The van der Waals surface area contributed by atoms with E-state index >= 15 is 0 Å². The van der Waals surface area contributed by atoms with E-state index in [1.807, 2.05) is 0 Å². The third kappa shape index (κ3) is 12.0. The van der Waals surface area contributed by atoms with Gasteiger partial charge in [0.05, 0.1) is 37.9 Å². The summed E-state index contributed by atoms with van der Waals surface area (Å²) < 4.78 is 27.6. The molecule has 0 aromatic rings. The number of ether oxygens (including phenoxy) is 1. The zero-order valence-electron chi connectivity index (χ0n) is 12.8. The van der Waals surface area contributed by atoms with E-state index in [1.165, 1.54) is 0 Å². The van der Waals surface area contributed by atoms with Gasteiger partial charge < -0.3 is 39.6 Å². The molecular weight excluding hydrogens is 370 g/mol. The minimum atomic E-state index is -5.05. The molecule has 0 amide bonds. The molecule has 0 aliphatic carbocycles. The minimum Gasteiger partial charge on any atom is -0.396 e. The Balaban J connectivity index is 0. The summed E-state index contributed by atoms with van der Waals surface area (Å²) in [7, 11) is -10.1. The fourth-order valence-corrected chi connectivity index (χ4v) is 2.53. The molecule has 0 aromatic carbocycles. The molecule has 0 aliphatic rings. The molecule has 0 rings (SSSR count). The first-order valence-electron chi connectivity index (χ1n) is 6.39. The Morgan fingerprint density at radius 3 is 1.54 bits per heavy atom. The van der Waals surface area contributed by atoms with Gasteiger partial charge in [0.1, 0.15) is 0 Å². The number of rotatable bonds is 11. The summed E-state index contributed by atoms with van der Waals surface area (Å²) in [6, 6.07) is 0. The molecule has 0 aromatic heterocycles. The highest BCUT2D eigenvalue weighted by atomic mass is 31.3. The highest BCUT2D eigenvalue weighted by Gasteiger charge is 2.37. The molecule has 13 heteroatoms. The third-order valence-corrected chi connectivity index (χ3v) is 4.34. The lowest BCUT2D eigenvalue weighted by atomic mass is 9.82. The lowest BCUT2D eigenvalue weighted by Gasteiger charge is -2.35. The van der Waals surface area contributed by atoms with Gasteiger partial charge in [-0.05, 0) is 6.42 Å². The van der Waals surface area contributed by atoms with Crippen molar-refractivity contribution in [3.63, 3.8) is 0 Å². The van der Waals surface area contributed by atoms with E-state index < -0.39 is 27.2 Å². The maximum absolute atomic E-state index is 9.63. The quantitative estimate of drug-likeness (QED) is 0.173. The van der Waals surface area contributed by atoms with Crippen LogP contribution in [0.5, 0.6) is 0 Å².